The zero-order chi connectivity index (χ0) is 8.27. The van der Waals surface area contributed by atoms with E-state index in [0.717, 1.165) is 4.88 Å². The molecule has 0 bridgehead atoms. The summed E-state index contributed by atoms with van der Waals surface area (Å²) in [4.78, 5) is 11.3. The summed E-state index contributed by atoms with van der Waals surface area (Å²) in [6.45, 7) is 1.78. The van der Waals surface area contributed by atoms with Crippen LogP contribution in [0.4, 0.5) is 4.79 Å². The minimum absolute atomic E-state index is 0.236. The minimum Gasteiger partial charge on any atom is -0.445 e. The fourth-order valence-electron chi connectivity index (χ4n) is 0.720. The Morgan fingerprint density at radius 2 is 2.55 bits per heavy atom. The Labute approximate surface area is 73.7 Å². The highest BCUT2D eigenvalue weighted by Gasteiger charge is 2.09. The molecule has 1 heterocycles. The van der Waals surface area contributed by atoms with Gasteiger partial charge in [-0.3, -0.25) is 0 Å². The lowest BCUT2D eigenvalue weighted by Gasteiger charge is -2.06. The number of thiophene rings is 1. The van der Waals surface area contributed by atoms with E-state index in [4.69, 9.17) is 16.3 Å². The Balaban J connectivity index is 2.56. The molecule has 0 aromatic carbocycles. The molecule has 60 valence electrons. The number of rotatable bonds is 2. The number of ether oxygens (including phenoxy) is 1. The zero-order valence-corrected chi connectivity index (χ0v) is 7.48. The van der Waals surface area contributed by atoms with Gasteiger partial charge in [-0.05, 0) is 18.4 Å². The fraction of sp³-hybridized carbons (Fsp3) is 0.286. The van der Waals surface area contributed by atoms with E-state index in [0.29, 0.717) is 0 Å². The van der Waals surface area contributed by atoms with Crippen LogP contribution in [-0.2, 0) is 4.74 Å². The summed E-state index contributed by atoms with van der Waals surface area (Å²) >= 11 is 6.57. The molecule has 0 aliphatic rings. The maximum atomic E-state index is 10.3. The number of hydrogen-bond acceptors (Lipinski definition) is 3. The van der Waals surface area contributed by atoms with Crippen molar-refractivity contribution < 1.29 is 9.53 Å². The molecule has 0 radical (unpaired) electrons. The van der Waals surface area contributed by atoms with Gasteiger partial charge in [0.1, 0.15) is 6.10 Å². The lowest BCUT2D eigenvalue weighted by Crippen LogP contribution is -1.99. The van der Waals surface area contributed by atoms with Gasteiger partial charge in [0.05, 0.1) is 0 Å². The van der Waals surface area contributed by atoms with E-state index in [1.165, 1.54) is 11.3 Å². The molecule has 1 aromatic heterocycles. The van der Waals surface area contributed by atoms with Crippen molar-refractivity contribution in [2.45, 2.75) is 13.0 Å². The highest BCUT2D eigenvalue weighted by Crippen LogP contribution is 2.22. The van der Waals surface area contributed by atoms with Crippen molar-refractivity contribution in [3.05, 3.63) is 22.4 Å². The Morgan fingerprint density at radius 3 is 3.00 bits per heavy atom. The lowest BCUT2D eigenvalue weighted by molar-refractivity contribution is 0.134. The maximum Gasteiger partial charge on any atom is 0.404 e. The largest absolute Gasteiger partial charge is 0.445 e. The van der Waals surface area contributed by atoms with Gasteiger partial charge in [-0.25, -0.2) is 4.79 Å². The van der Waals surface area contributed by atoms with Gasteiger partial charge in [-0.15, -0.1) is 11.3 Å². The van der Waals surface area contributed by atoms with E-state index in [2.05, 4.69) is 0 Å². The van der Waals surface area contributed by atoms with Crippen molar-refractivity contribution in [1.82, 2.24) is 0 Å². The van der Waals surface area contributed by atoms with Crippen LogP contribution >= 0.6 is 22.9 Å². The molecule has 4 heteroatoms. The van der Waals surface area contributed by atoms with Crippen LogP contribution in [0.1, 0.15) is 17.9 Å². The summed E-state index contributed by atoms with van der Waals surface area (Å²) in [5, 5.41) is 1.92. The highest BCUT2D eigenvalue weighted by atomic mass is 35.5. The van der Waals surface area contributed by atoms with Gasteiger partial charge < -0.3 is 4.74 Å². The molecule has 0 saturated heterocycles. The van der Waals surface area contributed by atoms with Crippen molar-refractivity contribution in [2.75, 3.05) is 0 Å². The average Bonchev–Trinajstić information content (AvgIpc) is 2.35. The topological polar surface area (TPSA) is 26.3 Å². The summed E-state index contributed by atoms with van der Waals surface area (Å²) < 4.78 is 4.73. The smallest absolute Gasteiger partial charge is 0.404 e. The molecule has 11 heavy (non-hydrogen) atoms. The summed E-state index contributed by atoms with van der Waals surface area (Å²) in [6.07, 6.45) is -0.236. The molecular formula is C7H7ClO2S. The summed E-state index contributed by atoms with van der Waals surface area (Å²) in [7, 11) is 0. The number of carbonyl (C=O) groups excluding carboxylic acids is 1. The van der Waals surface area contributed by atoms with E-state index in [1.807, 2.05) is 17.5 Å². The molecule has 0 amide bonds. The van der Waals surface area contributed by atoms with Crippen molar-refractivity contribution in [1.29, 1.82) is 0 Å². The third kappa shape index (κ3) is 2.52. The van der Waals surface area contributed by atoms with Gasteiger partial charge >= 0.3 is 5.43 Å². The van der Waals surface area contributed by atoms with Crippen molar-refractivity contribution in [2.24, 2.45) is 0 Å². The first kappa shape index (κ1) is 8.56. The van der Waals surface area contributed by atoms with E-state index in [1.54, 1.807) is 6.92 Å². The molecule has 0 N–H and O–H groups in total. The average molecular weight is 191 g/mol. The van der Waals surface area contributed by atoms with Crippen LogP contribution in [0.25, 0.3) is 0 Å². The second kappa shape index (κ2) is 3.74. The minimum atomic E-state index is -0.758. The molecule has 0 saturated carbocycles. The summed E-state index contributed by atoms with van der Waals surface area (Å²) in [6, 6.07) is 3.80. The molecule has 0 fully saturated rings. The maximum absolute atomic E-state index is 10.3. The fourth-order valence-corrected chi connectivity index (χ4v) is 1.56. The zero-order valence-electron chi connectivity index (χ0n) is 5.91. The van der Waals surface area contributed by atoms with E-state index >= 15 is 0 Å². The number of carbonyl (C=O) groups is 1. The van der Waals surface area contributed by atoms with E-state index < -0.39 is 5.43 Å². The van der Waals surface area contributed by atoms with Gasteiger partial charge in [-0.1, -0.05) is 6.07 Å². The first-order chi connectivity index (χ1) is 5.20. The van der Waals surface area contributed by atoms with Crippen LogP contribution in [0.15, 0.2) is 17.5 Å². The second-order valence-corrected chi connectivity index (χ2v) is 3.30. The van der Waals surface area contributed by atoms with Crippen LogP contribution in [0.5, 0.6) is 0 Å². The van der Waals surface area contributed by atoms with Gasteiger partial charge in [-0.2, -0.15) is 0 Å². The quantitative estimate of drug-likeness (QED) is 0.670. The van der Waals surface area contributed by atoms with Gasteiger partial charge in [0.15, 0.2) is 0 Å². The van der Waals surface area contributed by atoms with Crippen LogP contribution in [0.2, 0.25) is 0 Å². The molecule has 1 aromatic rings. The SMILES string of the molecule is CC(OC(=O)Cl)c1cccs1. The molecule has 1 rings (SSSR count). The predicted molar refractivity (Wildman–Crippen MR) is 45.1 cm³/mol. The molecular weight excluding hydrogens is 184 g/mol. The first-order valence-electron chi connectivity index (χ1n) is 3.09. The molecule has 0 aliphatic heterocycles. The molecule has 0 aliphatic carbocycles. The Kier molecular flexibility index (Phi) is 2.91. The Hall–Kier alpha value is -0.540. The molecule has 1 atom stereocenters. The normalized spacial score (nSPS) is 12.5. The van der Waals surface area contributed by atoms with E-state index in [-0.39, 0.29) is 6.10 Å². The van der Waals surface area contributed by atoms with Gasteiger partial charge in [0, 0.05) is 16.5 Å². The van der Waals surface area contributed by atoms with Crippen molar-refractivity contribution in [3.63, 3.8) is 0 Å². The van der Waals surface area contributed by atoms with Crippen molar-refractivity contribution in [3.8, 4) is 0 Å². The third-order valence-electron chi connectivity index (χ3n) is 1.21. The predicted octanol–water partition coefficient (Wildman–Crippen LogP) is 3.18. The van der Waals surface area contributed by atoms with Crippen LogP contribution < -0.4 is 0 Å². The first-order valence-corrected chi connectivity index (χ1v) is 4.35. The monoisotopic (exact) mass is 190 g/mol. The molecule has 1 unspecified atom stereocenters. The lowest BCUT2D eigenvalue weighted by atomic mass is 10.3. The summed E-state index contributed by atoms with van der Waals surface area (Å²) in [5.41, 5.74) is -0.758. The Bertz CT molecular complexity index is 233. The number of hydrogen-bond donors (Lipinski definition) is 0. The van der Waals surface area contributed by atoms with Crippen LogP contribution in [-0.4, -0.2) is 5.43 Å². The van der Waals surface area contributed by atoms with Crippen LogP contribution in [0, 0.1) is 0 Å². The standard InChI is InChI=1S/C7H7ClO2S/c1-5(10-7(8)9)6-3-2-4-11-6/h2-5H,1H3. The molecule has 2 nitrogen and oxygen atoms in total. The second-order valence-electron chi connectivity index (χ2n) is 2.01. The van der Waals surface area contributed by atoms with Gasteiger partial charge in [0.2, 0.25) is 0 Å². The summed E-state index contributed by atoms with van der Waals surface area (Å²) in [5.74, 6) is 0. The van der Waals surface area contributed by atoms with Gasteiger partial charge in [0.25, 0.3) is 0 Å². The van der Waals surface area contributed by atoms with Crippen LogP contribution in [0.3, 0.4) is 0 Å². The molecule has 0 spiro atoms. The Morgan fingerprint density at radius 1 is 1.82 bits per heavy atom. The number of halogens is 1. The highest BCUT2D eigenvalue weighted by molar-refractivity contribution is 7.10. The van der Waals surface area contributed by atoms with Crippen molar-refractivity contribution >= 4 is 28.4 Å². The van der Waals surface area contributed by atoms with E-state index in [9.17, 15) is 4.79 Å². The third-order valence-corrected chi connectivity index (χ3v) is 2.34.